The van der Waals surface area contributed by atoms with Gasteiger partial charge in [0.05, 0.1) is 16.9 Å². The summed E-state index contributed by atoms with van der Waals surface area (Å²) in [6.45, 7) is 1.21. The van der Waals surface area contributed by atoms with E-state index in [-0.39, 0.29) is 5.82 Å². The zero-order valence-corrected chi connectivity index (χ0v) is 20.4. The number of halogens is 1. The molecule has 37 heavy (non-hydrogen) atoms. The number of aromatic nitrogens is 6. The molecule has 5 aromatic heterocycles. The van der Waals surface area contributed by atoms with E-state index in [1.54, 1.807) is 18.6 Å². The van der Waals surface area contributed by atoms with Crippen molar-refractivity contribution in [1.82, 2.24) is 35.0 Å². The third-order valence-corrected chi connectivity index (χ3v) is 6.14. The van der Waals surface area contributed by atoms with Crippen LogP contribution >= 0.6 is 0 Å². The molecule has 0 amide bonds. The minimum Gasteiger partial charge on any atom is -0.492 e. The zero-order valence-electron chi connectivity index (χ0n) is 20.4. The SMILES string of the molecule is CN(C)CCOc1cc(F)cc(-c2ccnc3[nH]c(-c4n[nH]c5ccc(-c6cccnc6)nc45)cc23)c1. The number of hydrogen-bond donors (Lipinski definition) is 2. The lowest BCUT2D eigenvalue weighted by Crippen LogP contribution is -2.19. The lowest BCUT2D eigenvalue weighted by atomic mass is 10.0. The van der Waals surface area contributed by atoms with Crippen LogP contribution in [0.5, 0.6) is 5.75 Å². The Morgan fingerprint density at radius 2 is 1.92 bits per heavy atom. The van der Waals surface area contributed by atoms with Gasteiger partial charge in [0.25, 0.3) is 0 Å². The number of likely N-dealkylation sites (N-methyl/N-ethyl adjacent to an activating group) is 1. The Morgan fingerprint density at radius 1 is 1.00 bits per heavy atom. The van der Waals surface area contributed by atoms with E-state index in [2.05, 4.69) is 25.1 Å². The second-order valence-corrected chi connectivity index (χ2v) is 9.04. The zero-order chi connectivity index (χ0) is 25.4. The molecule has 0 aliphatic heterocycles. The molecule has 5 heterocycles. The van der Waals surface area contributed by atoms with Crippen molar-refractivity contribution in [2.45, 2.75) is 0 Å². The maximum Gasteiger partial charge on any atom is 0.138 e. The Bertz CT molecular complexity index is 1710. The van der Waals surface area contributed by atoms with Crippen molar-refractivity contribution in [2.24, 2.45) is 0 Å². The van der Waals surface area contributed by atoms with E-state index in [1.807, 2.05) is 61.5 Å². The molecule has 0 fully saturated rings. The number of aromatic amines is 2. The summed E-state index contributed by atoms with van der Waals surface area (Å²) in [5, 5.41) is 8.44. The molecule has 184 valence electrons. The van der Waals surface area contributed by atoms with Gasteiger partial charge < -0.3 is 14.6 Å². The van der Waals surface area contributed by atoms with E-state index in [0.29, 0.717) is 29.3 Å². The van der Waals surface area contributed by atoms with Crippen LogP contribution in [0.4, 0.5) is 4.39 Å². The van der Waals surface area contributed by atoms with Crippen molar-refractivity contribution < 1.29 is 9.13 Å². The Morgan fingerprint density at radius 3 is 2.76 bits per heavy atom. The van der Waals surface area contributed by atoms with Crippen LogP contribution in [0.15, 0.2) is 73.2 Å². The molecule has 9 heteroatoms. The molecule has 0 spiro atoms. The van der Waals surface area contributed by atoms with Crippen LogP contribution in [-0.4, -0.2) is 62.3 Å². The van der Waals surface area contributed by atoms with Crippen LogP contribution < -0.4 is 4.74 Å². The summed E-state index contributed by atoms with van der Waals surface area (Å²) in [5.74, 6) is 0.131. The number of fused-ring (bicyclic) bond motifs is 2. The summed E-state index contributed by atoms with van der Waals surface area (Å²) >= 11 is 0. The van der Waals surface area contributed by atoms with Gasteiger partial charge in [-0.3, -0.25) is 10.1 Å². The molecule has 2 N–H and O–H groups in total. The minimum absolute atomic E-state index is 0.358. The Balaban J connectivity index is 1.41. The number of nitrogens with one attached hydrogen (secondary N) is 2. The molecule has 6 aromatic rings. The molecule has 0 atom stereocenters. The van der Waals surface area contributed by atoms with E-state index in [9.17, 15) is 4.39 Å². The maximum absolute atomic E-state index is 14.5. The van der Waals surface area contributed by atoms with Gasteiger partial charge in [-0.2, -0.15) is 5.10 Å². The van der Waals surface area contributed by atoms with Crippen LogP contribution in [-0.2, 0) is 0 Å². The van der Waals surface area contributed by atoms with Gasteiger partial charge in [-0.25, -0.2) is 14.4 Å². The highest BCUT2D eigenvalue weighted by Gasteiger charge is 2.16. The highest BCUT2D eigenvalue weighted by molar-refractivity contribution is 5.99. The largest absolute Gasteiger partial charge is 0.492 e. The molecule has 0 saturated carbocycles. The summed E-state index contributed by atoms with van der Waals surface area (Å²) in [5.41, 5.74) is 6.94. The quantitative estimate of drug-likeness (QED) is 0.313. The molecule has 1 aromatic carbocycles. The minimum atomic E-state index is -0.358. The van der Waals surface area contributed by atoms with Gasteiger partial charge in [0.1, 0.15) is 35.0 Å². The molecule has 8 nitrogen and oxygen atoms in total. The standard InChI is InChI=1S/C28H24FN7O/c1-36(2)10-11-37-20-13-18(12-19(29)14-20)21-7-9-31-28-22(21)15-25(33-28)27-26-24(34-35-27)6-5-23(32-26)17-4-3-8-30-16-17/h3-9,12-16H,10-11H2,1-2H3,(H,31,33)(H,34,35). The first kappa shape index (κ1) is 22.8. The second-order valence-electron chi connectivity index (χ2n) is 9.04. The highest BCUT2D eigenvalue weighted by atomic mass is 19.1. The fourth-order valence-corrected chi connectivity index (χ4v) is 4.32. The van der Waals surface area contributed by atoms with Crippen LogP contribution in [0.1, 0.15) is 0 Å². The summed E-state index contributed by atoms with van der Waals surface area (Å²) in [4.78, 5) is 18.9. The lowest BCUT2D eigenvalue weighted by Gasteiger charge is -2.12. The molecule has 0 bridgehead atoms. The van der Waals surface area contributed by atoms with Crippen LogP contribution in [0.3, 0.4) is 0 Å². The molecular formula is C28H24FN7O. The predicted octanol–water partition coefficient (Wildman–Crippen LogP) is 5.31. The van der Waals surface area contributed by atoms with Gasteiger partial charge in [-0.15, -0.1) is 0 Å². The lowest BCUT2D eigenvalue weighted by molar-refractivity contribution is 0.260. The first-order valence-electron chi connectivity index (χ1n) is 11.9. The maximum atomic E-state index is 14.5. The topological polar surface area (TPSA) is 95.6 Å². The van der Waals surface area contributed by atoms with Gasteiger partial charge in [-0.1, -0.05) is 0 Å². The van der Waals surface area contributed by atoms with Crippen molar-refractivity contribution in [1.29, 1.82) is 0 Å². The predicted molar refractivity (Wildman–Crippen MR) is 142 cm³/mol. The number of ether oxygens (including phenoxy) is 1. The van der Waals surface area contributed by atoms with Gasteiger partial charge >= 0.3 is 0 Å². The number of rotatable bonds is 7. The van der Waals surface area contributed by atoms with Gasteiger partial charge in [0, 0.05) is 42.2 Å². The van der Waals surface area contributed by atoms with Gasteiger partial charge in [-0.05, 0) is 73.8 Å². The third-order valence-electron chi connectivity index (χ3n) is 6.14. The summed E-state index contributed by atoms with van der Waals surface area (Å²) in [6.07, 6.45) is 5.22. The average molecular weight is 494 g/mol. The van der Waals surface area contributed by atoms with Crippen LogP contribution in [0, 0.1) is 5.82 Å². The molecule has 0 saturated heterocycles. The van der Waals surface area contributed by atoms with Crippen LogP contribution in [0.2, 0.25) is 0 Å². The number of nitrogens with zero attached hydrogens (tertiary/aromatic N) is 5. The Hall–Kier alpha value is -4.63. The molecule has 0 aliphatic carbocycles. The number of benzene rings is 1. The fraction of sp³-hybridized carbons (Fsp3) is 0.143. The van der Waals surface area contributed by atoms with Crippen molar-refractivity contribution in [2.75, 3.05) is 27.2 Å². The molecule has 0 aliphatic rings. The second kappa shape index (κ2) is 9.44. The monoisotopic (exact) mass is 493 g/mol. The fourth-order valence-electron chi connectivity index (χ4n) is 4.32. The number of H-pyrrole nitrogens is 2. The number of pyridine rings is 3. The van der Waals surface area contributed by atoms with Crippen molar-refractivity contribution in [3.8, 4) is 39.5 Å². The van der Waals surface area contributed by atoms with E-state index < -0.39 is 0 Å². The van der Waals surface area contributed by atoms with E-state index in [4.69, 9.17) is 9.72 Å². The molecule has 0 radical (unpaired) electrons. The number of hydrogen-bond acceptors (Lipinski definition) is 6. The Labute approximate surface area is 212 Å². The molecule has 0 unspecified atom stereocenters. The van der Waals surface area contributed by atoms with Gasteiger partial charge in [0.15, 0.2) is 0 Å². The van der Waals surface area contributed by atoms with Crippen molar-refractivity contribution in [3.63, 3.8) is 0 Å². The third kappa shape index (κ3) is 4.52. The van der Waals surface area contributed by atoms with E-state index >= 15 is 0 Å². The first-order valence-corrected chi connectivity index (χ1v) is 11.9. The summed E-state index contributed by atoms with van der Waals surface area (Å²) < 4.78 is 20.3. The first-order chi connectivity index (χ1) is 18.0. The summed E-state index contributed by atoms with van der Waals surface area (Å²) in [6, 6.07) is 16.4. The molecular weight excluding hydrogens is 469 g/mol. The highest BCUT2D eigenvalue weighted by Crippen LogP contribution is 2.35. The smallest absolute Gasteiger partial charge is 0.138 e. The van der Waals surface area contributed by atoms with Gasteiger partial charge in [0.2, 0.25) is 0 Å². The van der Waals surface area contributed by atoms with E-state index in [0.717, 1.165) is 45.5 Å². The van der Waals surface area contributed by atoms with Crippen LogP contribution in [0.25, 0.3) is 55.8 Å². The van der Waals surface area contributed by atoms with E-state index in [1.165, 1.54) is 12.1 Å². The summed E-state index contributed by atoms with van der Waals surface area (Å²) in [7, 11) is 3.94. The molecule has 6 rings (SSSR count). The van der Waals surface area contributed by atoms with Crippen molar-refractivity contribution >= 4 is 22.1 Å². The normalized spacial score (nSPS) is 11.6. The van der Waals surface area contributed by atoms with Crippen molar-refractivity contribution in [3.05, 3.63) is 79.0 Å². The average Bonchev–Trinajstić information content (AvgIpc) is 3.52. The Kier molecular flexibility index (Phi) is 5.82.